The van der Waals surface area contributed by atoms with Gasteiger partial charge in [-0.15, -0.1) is 0 Å². The van der Waals surface area contributed by atoms with Gasteiger partial charge < -0.3 is 14.4 Å². The Kier molecular flexibility index (Phi) is 5.67. The Morgan fingerprint density at radius 3 is 2.40 bits per heavy atom. The minimum atomic E-state index is 0.567. The largest absolute Gasteiger partial charge is 0.458 e. The van der Waals surface area contributed by atoms with Crippen molar-refractivity contribution in [3.8, 4) is 11.5 Å². The maximum absolute atomic E-state index is 5.74. The molecule has 1 saturated carbocycles. The number of para-hydroxylation sites is 1. The van der Waals surface area contributed by atoms with E-state index in [9.17, 15) is 0 Å². The molecule has 0 amide bonds. The lowest BCUT2D eigenvalue weighted by molar-refractivity contribution is 0.108. The predicted octanol–water partition coefficient (Wildman–Crippen LogP) is 5.24. The third kappa shape index (κ3) is 4.20. The van der Waals surface area contributed by atoms with Crippen LogP contribution in [0.3, 0.4) is 0 Å². The van der Waals surface area contributed by atoms with Crippen LogP contribution in [0.5, 0.6) is 11.5 Å². The number of rotatable bonds is 7. The minimum Gasteiger partial charge on any atom is -0.458 e. The van der Waals surface area contributed by atoms with Gasteiger partial charge in [-0.2, -0.15) is 0 Å². The van der Waals surface area contributed by atoms with E-state index >= 15 is 0 Å². The molecule has 0 atom stereocenters. The molecule has 3 aliphatic rings. The van der Waals surface area contributed by atoms with Gasteiger partial charge in [-0.05, 0) is 61.8 Å². The third-order valence-electron chi connectivity index (χ3n) is 7.13. The van der Waals surface area contributed by atoms with Crippen LogP contribution in [0.2, 0.25) is 0 Å². The average molecular weight is 405 g/mol. The van der Waals surface area contributed by atoms with E-state index in [1.54, 1.807) is 12.5 Å². The zero-order valence-corrected chi connectivity index (χ0v) is 17.8. The van der Waals surface area contributed by atoms with Crippen molar-refractivity contribution in [1.29, 1.82) is 0 Å². The Bertz CT molecular complexity index is 868. The van der Waals surface area contributed by atoms with Crippen LogP contribution in [-0.4, -0.2) is 37.6 Å². The Morgan fingerprint density at radius 1 is 0.833 bits per heavy atom. The van der Waals surface area contributed by atoms with Crippen LogP contribution >= 0.6 is 0 Å². The van der Waals surface area contributed by atoms with E-state index < -0.39 is 0 Å². The summed E-state index contributed by atoms with van der Waals surface area (Å²) in [5.41, 5.74) is 3.22. The Balaban J connectivity index is 1.11. The first-order valence-corrected chi connectivity index (χ1v) is 11.4. The van der Waals surface area contributed by atoms with Gasteiger partial charge in [0.25, 0.3) is 0 Å². The van der Waals surface area contributed by atoms with Gasteiger partial charge in [-0.1, -0.05) is 42.8 Å². The Morgan fingerprint density at radius 2 is 1.63 bits per heavy atom. The van der Waals surface area contributed by atoms with E-state index in [2.05, 4.69) is 46.2 Å². The van der Waals surface area contributed by atoms with E-state index in [0.29, 0.717) is 5.41 Å². The molecule has 2 aliphatic heterocycles. The number of nitrogens with zero attached hydrogens (tertiary/aromatic N) is 2. The fourth-order valence-electron chi connectivity index (χ4n) is 5.27. The van der Waals surface area contributed by atoms with E-state index in [1.165, 1.54) is 50.6 Å². The van der Waals surface area contributed by atoms with Crippen molar-refractivity contribution in [3.63, 3.8) is 0 Å². The molecule has 0 aromatic heterocycles. The first kappa shape index (κ1) is 19.5. The first-order chi connectivity index (χ1) is 14.8. The molecule has 2 heterocycles. The van der Waals surface area contributed by atoms with Gasteiger partial charge in [0.2, 0.25) is 0 Å². The molecule has 1 aliphatic carbocycles. The van der Waals surface area contributed by atoms with Gasteiger partial charge in [-0.25, -0.2) is 0 Å². The smallest absolute Gasteiger partial charge is 0.192 e. The average Bonchev–Trinajstić information content (AvgIpc) is 2.78. The highest BCUT2D eigenvalue weighted by Gasteiger charge is 2.36. The Labute approximate surface area is 180 Å². The van der Waals surface area contributed by atoms with E-state index in [0.717, 1.165) is 43.4 Å². The summed E-state index contributed by atoms with van der Waals surface area (Å²) in [4.78, 5) is 5.07. The second kappa shape index (κ2) is 8.73. The molecule has 2 aromatic carbocycles. The van der Waals surface area contributed by atoms with Crippen LogP contribution in [0, 0.1) is 5.41 Å². The van der Waals surface area contributed by atoms with Gasteiger partial charge in [0.15, 0.2) is 11.5 Å². The quantitative estimate of drug-likeness (QED) is 0.630. The second-order valence-corrected chi connectivity index (χ2v) is 9.06. The second-order valence-electron chi connectivity index (χ2n) is 9.06. The standard InChI is InChI=1S/C26H32N2O2/c1-2-7-22(8-3-1)21-26(11-5-12-26)13-6-14-27-15-17-28(18-16-27)23-9-4-10-24-25(23)30-20-19-29-24/h1-4,7-10,19-20H,5-6,11-18,21H2. The van der Waals surface area contributed by atoms with Crippen LogP contribution < -0.4 is 14.4 Å². The highest BCUT2D eigenvalue weighted by atomic mass is 16.5. The van der Waals surface area contributed by atoms with Crippen molar-refractivity contribution in [3.05, 3.63) is 66.6 Å². The van der Waals surface area contributed by atoms with Gasteiger partial charge in [0.05, 0.1) is 5.69 Å². The van der Waals surface area contributed by atoms with Crippen LogP contribution in [0.4, 0.5) is 5.69 Å². The van der Waals surface area contributed by atoms with Crippen molar-refractivity contribution in [2.75, 3.05) is 37.6 Å². The van der Waals surface area contributed by atoms with Gasteiger partial charge >= 0.3 is 0 Å². The monoisotopic (exact) mass is 404 g/mol. The number of anilines is 1. The molecule has 158 valence electrons. The number of fused-ring (bicyclic) bond motifs is 1. The van der Waals surface area contributed by atoms with Gasteiger partial charge in [0.1, 0.15) is 12.5 Å². The fourth-order valence-corrected chi connectivity index (χ4v) is 5.27. The summed E-state index contributed by atoms with van der Waals surface area (Å²) >= 11 is 0. The van der Waals surface area contributed by atoms with Crippen molar-refractivity contribution in [1.82, 2.24) is 4.90 Å². The molecule has 5 rings (SSSR count). The molecule has 0 N–H and O–H groups in total. The van der Waals surface area contributed by atoms with Crippen molar-refractivity contribution < 1.29 is 9.47 Å². The Hall–Kier alpha value is -2.46. The molecule has 2 fully saturated rings. The normalized spacial score (nSPS) is 20.1. The molecular weight excluding hydrogens is 372 g/mol. The summed E-state index contributed by atoms with van der Waals surface area (Å²) in [6, 6.07) is 17.2. The van der Waals surface area contributed by atoms with Crippen molar-refractivity contribution in [2.24, 2.45) is 5.41 Å². The van der Waals surface area contributed by atoms with E-state index in [4.69, 9.17) is 9.47 Å². The number of piperazine rings is 1. The van der Waals surface area contributed by atoms with Gasteiger partial charge in [0, 0.05) is 26.2 Å². The molecule has 0 radical (unpaired) electrons. The molecule has 30 heavy (non-hydrogen) atoms. The topological polar surface area (TPSA) is 24.9 Å². The predicted molar refractivity (Wildman–Crippen MR) is 121 cm³/mol. The maximum Gasteiger partial charge on any atom is 0.192 e. The lowest BCUT2D eigenvalue weighted by Crippen LogP contribution is -2.47. The lowest BCUT2D eigenvalue weighted by atomic mass is 9.63. The molecule has 4 heteroatoms. The number of benzene rings is 2. The summed E-state index contributed by atoms with van der Waals surface area (Å²) in [6.07, 6.45) is 11.4. The molecule has 1 saturated heterocycles. The van der Waals surface area contributed by atoms with Crippen LogP contribution in [-0.2, 0) is 6.42 Å². The SMILES string of the molecule is C1=COc2c(cccc2N2CCN(CCCC3(Cc4ccccc4)CCC3)CC2)O1. The molecule has 0 unspecified atom stereocenters. The molecule has 0 bridgehead atoms. The number of hydrogen-bond donors (Lipinski definition) is 0. The summed E-state index contributed by atoms with van der Waals surface area (Å²) < 4.78 is 11.3. The lowest BCUT2D eigenvalue weighted by Gasteiger charge is -2.43. The summed E-state index contributed by atoms with van der Waals surface area (Å²) in [5, 5.41) is 0. The zero-order valence-electron chi connectivity index (χ0n) is 17.8. The summed E-state index contributed by atoms with van der Waals surface area (Å²) in [7, 11) is 0. The van der Waals surface area contributed by atoms with Crippen molar-refractivity contribution >= 4 is 5.69 Å². The van der Waals surface area contributed by atoms with Gasteiger partial charge in [-0.3, -0.25) is 4.90 Å². The van der Waals surface area contributed by atoms with Crippen LogP contribution in [0.15, 0.2) is 61.1 Å². The highest BCUT2D eigenvalue weighted by Crippen LogP contribution is 2.47. The summed E-state index contributed by atoms with van der Waals surface area (Å²) in [6.45, 7) is 5.54. The van der Waals surface area contributed by atoms with E-state index in [-0.39, 0.29) is 0 Å². The van der Waals surface area contributed by atoms with Crippen LogP contribution in [0.25, 0.3) is 0 Å². The fraction of sp³-hybridized carbons (Fsp3) is 0.462. The number of hydrogen-bond acceptors (Lipinski definition) is 4. The third-order valence-corrected chi connectivity index (χ3v) is 7.13. The van der Waals surface area contributed by atoms with Crippen LogP contribution in [0.1, 0.15) is 37.7 Å². The number of ether oxygens (including phenoxy) is 2. The first-order valence-electron chi connectivity index (χ1n) is 11.4. The maximum atomic E-state index is 5.74. The van der Waals surface area contributed by atoms with Crippen molar-refractivity contribution in [2.45, 2.75) is 38.5 Å². The highest BCUT2D eigenvalue weighted by molar-refractivity contribution is 5.65. The molecule has 4 nitrogen and oxygen atoms in total. The summed E-state index contributed by atoms with van der Waals surface area (Å²) in [5.74, 6) is 1.66. The molecular formula is C26H32N2O2. The molecule has 0 spiro atoms. The minimum absolute atomic E-state index is 0.567. The van der Waals surface area contributed by atoms with E-state index in [1.807, 2.05) is 12.1 Å². The molecule has 2 aromatic rings. The zero-order chi connectivity index (χ0) is 20.2.